The van der Waals surface area contributed by atoms with E-state index in [1.807, 2.05) is 18.2 Å². The number of nitriles is 1. The number of hydrogen-bond acceptors (Lipinski definition) is 6. The molecule has 0 unspecified atom stereocenters. The molecule has 0 atom stereocenters. The lowest BCUT2D eigenvalue weighted by atomic mass is 10.1. The molecule has 1 aromatic carbocycles. The lowest BCUT2D eigenvalue weighted by molar-refractivity contribution is 0.0592. The fourth-order valence-electron chi connectivity index (χ4n) is 2.07. The monoisotopic (exact) mass is 343 g/mol. The smallest absolute Gasteiger partial charge is 0.361 e. The van der Waals surface area contributed by atoms with Crippen LogP contribution in [-0.4, -0.2) is 34.8 Å². The first kappa shape index (κ1) is 17.4. The van der Waals surface area contributed by atoms with E-state index in [2.05, 4.69) is 26.6 Å². The second-order valence-corrected chi connectivity index (χ2v) is 5.41. The van der Waals surface area contributed by atoms with Gasteiger partial charge in [0.2, 0.25) is 5.69 Å². The molecule has 0 spiro atoms. The lowest BCUT2D eigenvalue weighted by Crippen LogP contribution is -2.07. The number of benzene rings is 1. The summed E-state index contributed by atoms with van der Waals surface area (Å²) in [6.45, 7) is 5.56. The highest BCUT2D eigenvalue weighted by Crippen LogP contribution is 2.24. The largest absolute Gasteiger partial charge is 0.464 e. The van der Waals surface area contributed by atoms with Crippen molar-refractivity contribution in [1.29, 1.82) is 5.26 Å². The van der Waals surface area contributed by atoms with Crippen LogP contribution in [0.2, 0.25) is 0 Å². The Bertz CT molecular complexity index is 860. The van der Waals surface area contributed by atoms with Crippen molar-refractivity contribution >= 4 is 36.1 Å². The molecular formula is C16H14ClN5O2. The first-order chi connectivity index (χ1) is 11.5. The normalized spacial score (nSPS) is 11.0. The molecule has 0 radical (unpaired) electrons. The Morgan fingerprint density at radius 3 is 2.88 bits per heavy atom. The summed E-state index contributed by atoms with van der Waals surface area (Å²) in [4.78, 5) is 16.8. The fraction of sp³-hybridized carbons (Fsp3) is 0.188. The highest BCUT2D eigenvalue weighted by Gasteiger charge is 2.19. The Balaban J connectivity index is 2.37. The number of rotatable bonds is 5. The fourth-order valence-corrected chi connectivity index (χ4v) is 2.19. The van der Waals surface area contributed by atoms with Crippen molar-refractivity contribution in [1.82, 2.24) is 15.0 Å². The first-order valence-electron chi connectivity index (χ1n) is 6.85. The molecule has 1 aromatic heterocycles. The van der Waals surface area contributed by atoms with Gasteiger partial charge < -0.3 is 4.74 Å². The van der Waals surface area contributed by atoms with E-state index in [4.69, 9.17) is 16.9 Å². The van der Waals surface area contributed by atoms with Crippen LogP contribution in [0.15, 0.2) is 28.2 Å². The number of ether oxygens (including phenoxy) is 1. The van der Waals surface area contributed by atoms with Crippen LogP contribution in [0, 0.1) is 11.3 Å². The van der Waals surface area contributed by atoms with Crippen LogP contribution in [0.25, 0.3) is 6.08 Å². The van der Waals surface area contributed by atoms with Gasteiger partial charge in [0.25, 0.3) is 0 Å². The number of nitrogens with zero attached hydrogens (tertiary/aromatic N) is 5. The quantitative estimate of drug-likeness (QED) is 0.614. The molecule has 0 saturated carbocycles. The Morgan fingerprint density at radius 2 is 2.29 bits per heavy atom. The Hall–Kier alpha value is -2.98. The number of halogens is 1. The van der Waals surface area contributed by atoms with Crippen molar-refractivity contribution < 1.29 is 9.53 Å². The topological polar surface area (TPSA) is 93.2 Å². The maximum Gasteiger partial charge on any atom is 0.361 e. The molecule has 1 heterocycles. The molecule has 2 rings (SSSR count). The second kappa shape index (κ2) is 7.53. The highest BCUT2D eigenvalue weighted by molar-refractivity contribution is 6.31. The summed E-state index contributed by atoms with van der Waals surface area (Å²) in [5.41, 5.74) is 2.16. The Labute approximate surface area is 143 Å². The average molecular weight is 344 g/mol. The molecule has 0 aliphatic heterocycles. The van der Waals surface area contributed by atoms with Crippen LogP contribution in [0.5, 0.6) is 0 Å². The first-order valence-corrected chi connectivity index (χ1v) is 7.23. The summed E-state index contributed by atoms with van der Waals surface area (Å²) in [6, 6.07) is 7.32. The number of aliphatic imine (C=N–C) groups is 1. The minimum atomic E-state index is -0.703. The van der Waals surface area contributed by atoms with Gasteiger partial charge in [-0.25, -0.2) is 4.79 Å². The van der Waals surface area contributed by atoms with E-state index < -0.39 is 5.97 Å². The standard InChI is InChI=1S/C16H14ClN5O2/c1-10(17)6-12-7-11(4-5-13(12)19-2)9-22-20-14(8-18)15(21-22)16(23)24-3/h4-7H,2,9H2,1,3H3/b10-6+. The predicted molar refractivity (Wildman–Crippen MR) is 90.3 cm³/mol. The molecule has 0 N–H and O–H groups in total. The molecule has 0 aliphatic carbocycles. The minimum Gasteiger partial charge on any atom is -0.464 e. The zero-order valence-corrected chi connectivity index (χ0v) is 13.9. The SMILES string of the molecule is C=Nc1ccc(Cn2nc(C#N)c(C(=O)OC)n2)cc1/C=C(\C)Cl. The third-order valence-corrected chi connectivity index (χ3v) is 3.19. The lowest BCUT2D eigenvalue weighted by Gasteiger charge is -2.05. The maximum absolute atomic E-state index is 11.6. The molecule has 7 nitrogen and oxygen atoms in total. The van der Waals surface area contributed by atoms with E-state index in [0.717, 1.165) is 11.1 Å². The molecule has 0 saturated heterocycles. The van der Waals surface area contributed by atoms with Gasteiger partial charge in [-0.15, -0.1) is 10.2 Å². The van der Waals surface area contributed by atoms with Gasteiger partial charge in [0.05, 0.1) is 19.3 Å². The molecule has 0 aliphatic rings. The number of methoxy groups -OCH3 is 1. The molecule has 24 heavy (non-hydrogen) atoms. The van der Waals surface area contributed by atoms with E-state index in [-0.39, 0.29) is 17.9 Å². The number of hydrogen-bond donors (Lipinski definition) is 0. The van der Waals surface area contributed by atoms with Crippen molar-refractivity contribution in [3.8, 4) is 6.07 Å². The van der Waals surface area contributed by atoms with Crippen molar-refractivity contribution in [3.63, 3.8) is 0 Å². The molecule has 2 aromatic rings. The highest BCUT2D eigenvalue weighted by atomic mass is 35.5. The zero-order chi connectivity index (χ0) is 17.7. The van der Waals surface area contributed by atoms with Crippen molar-refractivity contribution in [3.05, 3.63) is 45.7 Å². The van der Waals surface area contributed by atoms with Crippen LogP contribution in [0.4, 0.5) is 5.69 Å². The number of aromatic nitrogens is 3. The number of esters is 1. The van der Waals surface area contributed by atoms with E-state index >= 15 is 0 Å². The van der Waals surface area contributed by atoms with Crippen molar-refractivity contribution in [2.75, 3.05) is 7.11 Å². The van der Waals surface area contributed by atoms with E-state index in [1.54, 1.807) is 19.1 Å². The van der Waals surface area contributed by atoms with E-state index in [1.165, 1.54) is 11.9 Å². The number of allylic oxidation sites excluding steroid dienone is 1. The third kappa shape index (κ3) is 3.86. The minimum absolute atomic E-state index is 0.0806. The molecule has 122 valence electrons. The van der Waals surface area contributed by atoms with Gasteiger partial charge in [-0.1, -0.05) is 17.7 Å². The van der Waals surface area contributed by atoms with Crippen molar-refractivity contribution in [2.45, 2.75) is 13.5 Å². The van der Waals surface area contributed by atoms with Gasteiger partial charge in [-0.2, -0.15) is 10.1 Å². The Kier molecular flexibility index (Phi) is 5.45. The van der Waals surface area contributed by atoms with Crippen LogP contribution in [-0.2, 0) is 11.3 Å². The molecule has 8 heteroatoms. The van der Waals surface area contributed by atoms with E-state index in [9.17, 15) is 4.79 Å². The predicted octanol–water partition coefficient (Wildman–Crippen LogP) is 2.92. The van der Waals surface area contributed by atoms with Gasteiger partial charge in [-0.3, -0.25) is 4.99 Å². The number of carbonyl (C=O) groups is 1. The molecule has 0 amide bonds. The average Bonchev–Trinajstić information content (AvgIpc) is 2.96. The van der Waals surface area contributed by atoms with Crippen LogP contribution < -0.4 is 0 Å². The number of carbonyl (C=O) groups excluding carboxylic acids is 1. The third-order valence-electron chi connectivity index (χ3n) is 3.08. The molecular weight excluding hydrogens is 330 g/mol. The summed E-state index contributed by atoms with van der Waals surface area (Å²) in [6.07, 6.45) is 1.77. The van der Waals surface area contributed by atoms with Gasteiger partial charge >= 0.3 is 5.97 Å². The summed E-state index contributed by atoms with van der Waals surface area (Å²) in [5, 5.41) is 17.6. The maximum atomic E-state index is 11.6. The summed E-state index contributed by atoms with van der Waals surface area (Å²) in [5.74, 6) is -0.703. The van der Waals surface area contributed by atoms with Gasteiger partial charge in [0.1, 0.15) is 6.07 Å². The second-order valence-electron chi connectivity index (χ2n) is 4.81. The zero-order valence-electron chi connectivity index (χ0n) is 13.2. The summed E-state index contributed by atoms with van der Waals surface area (Å²) in [7, 11) is 1.22. The summed E-state index contributed by atoms with van der Waals surface area (Å²) < 4.78 is 4.59. The molecule has 0 fully saturated rings. The summed E-state index contributed by atoms with van der Waals surface area (Å²) >= 11 is 5.93. The van der Waals surface area contributed by atoms with Gasteiger partial charge in [0, 0.05) is 10.6 Å². The van der Waals surface area contributed by atoms with Gasteiger partial charge in [0.15, 0.2) is 5.69 Å². The van der Waals surface area contributed by atoms with Crippen LogP contribution in [0.3, 0.4) is 0 Å². The van der Waals surface area contributed by atoms with Crippen molar-refractivity contribution in [2.24, 2.45) is 4.99 Å². The van der Waals surface area contributed by atoms with Crippen LogP contribution >= 0.6 is 11.6 Å². The van der Waals surface area contributed by atoms with Gasteiger partial charge in [-0.05, 0) is 37.4 Å². The van der Waals surface area contributed by atoms with Crippen LogP contribution in [0.1, 0.15) is 34.2 Å². The molecule has 0 bridgehead atoms. The Morgan fingerprint density at radius 1 is 1.54 bits per heavy atom. The van der Waals surface area contributed by atoms with E-state index in [0.29, 0.717) is 10.7 Å².